The lowest BCUT2D eigenvalue weighted by molar-refractivity contribution is 0.949. The van der Waals surface area contributed by atoms with E-state index >= 15 is 0 Å². The lowest BCUT2D eigenvalue weighted by atomic mass is 10.2. The maximum absolute atomic E-state index is 9.08. The number of benzene rings is 1. The van der Waals surface area contributed by atoms with E-state index in [0.717, 1.165) is 16.9 Å². The smallest absolute Gasteiger partial charge is 0.142 e. The molecule has 3 rings (SSSR count). The fourth-order valence-corrected chi connectivity index (χ4v) is 1.99. The van der Waals surface area contributed by atoms with Crippen LogP contribution in [0.3, 0.4) is 0 Å². The highest BCUT2D eigenvalue weighted by Gasteiger charge is 2.12. The summed E-state index contributed by atoms with van der Waals surface area (Å²) < 4.78 is 1.95. The highest BCUT2D eigenvalue weighted by Crippen LogP contribution is 2.24. The molecule has 18 heavy (non-hydrogen) atoms. The Kier molecular flexibility index (Phi) is 2.27. The van der Waals surface area contributed by atoms with E-state index in [-0.39, 0.29) is 0 Å². The predicted octanol–water partition coefficient (Wildman–Crippen LogP) is 1.90. The lowest BCUT2D eigenvalue weighted by Crippen LogP contribution is -1.93. The van der Waals surface area contributed by atoms with Crippen LogP contribution in [0.2, 0.25) is 0 Å². The van der Waals surface area contributed by atoms with Crippen LogP contribution < -0.4 is 0 Å². The summed E-state index contributed by atoms with van der Waals surface area (Å²) in [6.45, 7) is 0. The molecule has 0 N–H and O–H groups in total. The molecule has 0 aliphatic heterocycles. The number of para-hydroxylation sites is 1. The molecule has 0 amide bonds. The third-order valence-corrected chi connectivity index (χ3v) is 2.87. The van der Waals surface area contributed by atoms with Gasteiger partial charge in [0.2, 0.25) is 0 Å². The summed E-state index contributed by atoms with van der Waals surface area (Å²) >= 11 is 0. The maximum Gasteiger partial charge on any atom is 0.142 e. The van der Waals surface area contributed by atoms with Crippen molar-refractivity contribution in [2.24, 2.45) is 7.05 Å². The summed E-state index contributed by atoms with van der Waals surface area (Å²) in [4.78, 5) is 4.53. The molecule has 0 unspecified atom stereocenters. The first-order chi connectivity index (χ1) is 8.81. The van der Waals surface area contributed by atoms with Gasteiger partial charge in [-0.1, -0.05) is 6.07 Å². The second-order valence-electron chi connectivity index (χ2n) is 3.91. The molecule has 0 saturated carbocycles. The second kappa shape index (κ2) is 3.93. The largest absolute Gasteiger partial charge is 0.327 e. The Morgan fingerprint density at radius 1 is 1.22 bits per heavy atom. The van der Waals surface area contributed by atoms with Crippen molar-refractivity contribution in [3.8, 4) is 17.5 Å². The van der Waals surface area contributed by atoms with Crippen molar-refractivity contribution in [3.63, 3.8) is 0 Å². The summed E-state index contributed by atoms with van der Waals surface area (Å²) in [5, 5.41) is 16.7. The van der Waals surface area contributed by atoms with Crippen LogP contribution in [0.5, 0.6) is 0 Å². The summed E-state index contributed by atoms with van der Waals surface area (Å²) in [7, 11) is 1.92. The molecule has 0 bridgehead atoms. The number of aromatic nitrogens is 4. The number of nitriles is 1. The Bertz CT molecular complexity index is 752. The van der Waals surface area contributed by atoms with E-state index in [2.05, 4.69) is 21.3 Å². The molecule has 5 heteroatoms. The standard InChI is InChI=1S/C13H9N5/c1-18-11-4-2-3-9(7-14)12(11)17-13(18)10-5-6-15-16-8-10/h2-6,8H,1H3. The van der Waals surface area contributed by atoms with Crippen LogP contribution in [0.25, 0.3) is 22.4 Å². The highest BCUT2D eigenvalue weighted by atomic mass is 15.1. The van der Waals surface area contributed by atoms with E-state index in [1.165, 1.54) is 0 Å². The van der Waals surface area contributed by atoms with Gasteiger partial charge in [-0.3, -0.25) is 0 Å². The van der Waals surface area contributed by atoms with Crippen LogP contribution in [0.15, 0.2) is 36.7 Å². The van der Waals surface area contributed by atoms with E-state index in [4.69, 9.17) is 5.26 Å². The van der Waals surface area contributed by atoms with E-state index in [1.54, 1.807) is 18.5 Å². The summed E-state index contributed by atoms with van der Waals surface area (Å²) in [6, 6.07) is 9.58. The quantitative estimate of drug-likeness (QED) is 0.646. The van der Waals surface area contributed by atoms with Crippen LogP contribution >= 0.6 is 0 Å². The van der Waals surface area contributed by atoms with Crippen molar-refractivity contribution < 1.29 is 0 Å². The van der Waals surface area contributed by atoms with Gasteiger partial charge in [0.1, 0.15) is 17.4 Å². The molecule has 0 fully saturated rings. The zero-order chi connectivity index (χ0) is 12.5. The van der Waals surface area contributed by atoms with E-state index < -0.39 is 0 Å². The normalized spacial score (nSPS) is 10.4. The van der Waals surface area contributed by atoms with Gasteiger partial charge in [-0.05, 0) is 18.2 Å². The Hall–Kier alpha value is -2.74. The SMILES string of the molecule is Cn1c(-c2ccnnc2)nc2c(C#N)cccc21. The first-order valence-corrected chi connectivity index (χ1v) is 5.44. The number of aryl methyl sites for hydroxylation is 1. The van der Waals surface area contributed by atoms with Crippen LogP contribution in [0.4, 0.5) is 0 Å². The molecule has 0 atom stereocenters. The molecule has 2 heterocycles. The molecule has 86 valence electrons. The predicted molar refractivity (Wildman–Crippen MR) is 66.5 cm³/mol. The van der Waals surface area contributed by atoms with Crippen LogP contribution in [-0.4, -0.2) is 19.7 Å². The number of hydrogen-bond acceptors (Lipinski definition) is 4. The van der Waals surface area contributed by atoms with E-state index in [1.807, 2.05) is 29.8 Å². The van der Waals surface area contributed by atoms with Gasteiger partial charge >= 0.3 is 0 Å². The van der Waals surface area contributed by atoms with Crippen molar-refractivity contribution in [3.05, 3.63) is 42.2 Å². The minimum Gasteiger partial charge on any atom is -0.327 e. The van der Waals surface area contributed by atoms with E-state index in [0.29, 0.717) is 11.1 Å². The topological polar surface area (TPSA) is 67.4 Å². The summed E-state index contributed by atoms with van der Waals surface area (Å²) in [5.74, 6) is 0.780. The van der Waals surface area contributed by atoms with Gasteiger partial charge in [-0.15, -0.1) is 0 Å². The zero-order valence-electron chi connectivity index (χ0n) is 9.70. The average molecular weight is 235 g/mol. The first-order valence-electron chi connectivity index (χ1n) is 5.44. The summed E-state index contributed by atoms with van der Waals surface area (Å²) in [6.07, 6.45) is 3.28. The molecule has 2 aromatic heterocycles. The molecule has 0 saturated heterocycles. The number of imidazole rings is 1. The van der Waals surface area contributed by atoms with Gasteiger partial charge < -0.3 is 4.57 Å². The Morgan fingerprint density at radius 2 is 2.11 bits per heavy atom. The molecule has 0 aliphatic carbocycles. The number of hydrogen-bond donors (Lipinski definition) is 0. The molecule has 3 aromatic rings. The monoisotopic (exact) mass is 235 g/mol. The van der Waals surface area contributed by atoms with Crippen molar-refractivity contribution in [1.82, 2.24) is 19.7 Å². The zero-order valence-corrected chi connectivity index (χ0v) is 9.70. The average Bonchev–Trinajstić information content (AvgIpc) is 2.77. The minimum absolute atomic E-state index is 0.580. The van der Waals surface area contributed by atoms with Crippen molar-refractivity contribution in [2.45, 2.75) is 0 Å². The molecule has 1 aromatic carbocycles. The third kappa shape index (κ3) is 1.44. The first kappa shape index (κ1) is 10.4. The van der Waals surface area contributed by atoms with Crippen LogP contribution in [-0.2, 0) is 7.05 Å². The fourth-order valence-electron chi connectivity index (χ4n) is 1.99. The van der Waals surface area contributed by atoms with Gasteiger partial charge in [-0.2, -0.15) is 15.5 Å². The number of nitrogens with zero attached hydrogens (tertiary/aromatic N) is 5. The van der Waals surface area contributed by atoms with Gasteiger partial charge in [0.15, 0.2) is 0 Å². The van der Waals surface area contributed by atoms with Gasteiger partial charge in [0.25, 0.3) is 0 Å². The van der Waals surface area contributed by atoms with E-state index in [9.17, 15) is 0 Å². The van der Waals surface area contributed by atoms with Gasteiger partial charge in [0, 0.05) is 12.6 Å². The molecule has 5 nitrogen and oxygen atoms in total. The second-order valence-corrected chi connectivity index (χ2v) is 3.91. The Balaban J connectivity index is 2.34. The van der Waals surface area contributed by atoms with Crippen molar-refractivity contribution >= 4 is 11.0 Å². The lowest BCUT2D eigenvalue weighted by Gasteiger charge is -2.00. The molecular formula is C13H9N5. The third-order valence-electron chi connectivity index (χ3n) is 2.87. The number of rotatable bonds is 1. The Labute approximate surface area is 103 Å². The summed E-state index contributed by atoms with van der Waals surface area (Å²) in [5.41, 5.74) is 3.11. The van der Waals surface area contributed by atoms with Crippen molar-refractivity contribution in [2.75, 3.05) is 0 Å². The van der Waals surface area contributed by atoms with Gasteiger partial charge in [-0.25, -0.2) is 4.98 Å². The fraction of sp³-hybridized carbons (Fsp3) is 0.0769. The Morgan fingerprint density at radius 3 is 2.83 bits per heavy atom. The molecule has 0 spiro atoms. The highest BCUT2D eigenvalue weighted by molar-refractivity contribution is 5.85. The molecule has 0 aliphatic rings. The minimum atomic E-state index is 0.580. The molecular weight excluding hydrogens is 226 g/mol. The van der Waals surface area contributed by atoms with Gasteiger partial charge in [0.05, 0.1) is 23.5 Å². The van der Waals surface area contributed by atoms with Crippen molar-refractivity contribution in [1.29, 1.82) is 5.26 Å². The molecule has 0 radical (unpaired) electrons. The van der Waals surface area contributed by atoms with Crippen LogP contribution in [0, 0.1) is 11.3 Å². The maximum atomic E-state index is 9.08. The van der Waals surface area contributed by atoms with Crippen LogP contribution in [0.1, 0.15) is 5.56 Å². The number of fused-ring (bicyclic) bond motifs is 1.